The van der Waals surface area contributed by atoms with Crippen LogP contribution >= 0.6 is 0 Å². The number of hydrogen-bond donors (Lipinski definition) is 1. The first kappa shape index (κ1) is 14.1. The van der Waals surface area contributed by atoms with Crippen molar-refractivity contribution in [2.45, 2.75) is 26.7 Å². The summed E-state index contributed by atoms with van der Waals surface area (Å²) in [6, 6.07) is 5.57. The van der Waals surface area contributed by atoms with Gasteiger partial charge >= 0.3 is 5.97 Å². The average molecular weight is 274 g/mol. The van der Waals surface area contributed by atoms with E-state index in [0.29, 0.717) is 25.1 Å². The molecule has 0 aliphatic rings. The molecular weight excluding hydrogens is 256 g/mol. The third-order valence-corrected chi connectivity index (χ3v) is 3.02. The first-order valence-electron chi connectivity index (χ1n) is 6.65. The smallest absolute Gasteiger partial charge is 0.308 e. The van der Waals surface area contributed by atoms with Crippen molar-refractivity contribution in [2.24, 2.45) is 0 Å². The van der Waals surface area contributed by atoms with E-state index in [1.54, 1.807) is 6.07 Å². The van der Waals surface area contributed by atoms with E-state index in [1.165, 1.54) is 6.92 Å². The van der Waals surface area contributed by atoms with Crippen molar-refractivity contribution >= 4 is 17.4 Å². The first-order valence-corrected chi connectivity index (χ1v) is 6.65. The highest BCUT2D eigenvalue weighted by Gasteiger charge is 2.10. The quantitative estimate of drug-likeness (QED) is 0.848. The molecule has 5 heteroatoms. The summed E-state index contributed by atoms with van der Waals surface area (Å²) in [4.78, 5) is 22.4. The second-order valence-corrected chi connectivity index (χ2v) is 4.52. The van der Waals surface area contributed by atoms with Crippen molar-refractivity contribution in [2.75, 3.05) is 6.54 Å². The van der Waals surface area contributed by atoms with E-state index in [-0.39, 0.29) is 11.9 Å². The normalized spacial score (nSPS) is 10.5. The molecule has 0 aliphatic heterocycles. The fourth-order valence-electron chi connectivity index (χ4n) is 2.10. The Morgan fingerprint density at radius 3 is 2.80 bits per heavy atom. The number of rotatable bonds is 5. The van der Waals surface area contributed by atoms with Crippen LogP contribution in [-0.4, -0.2) is 22.8 Å². The van der Waals surface area contributed by atoms with Crippen LogP contribution in [0.25, 0.3) is 5.52 Å². The van der Waals surface area contributed by atoms with Gasteiger partial charge in [0.25, 0.3) is 0 Å². The Morgan fingerprint density at radius 1 is 1.30 bits per heavy atom. The Bertz CT molecular complexity index is 631. The lowest BCUT2D eigenvalue weighted by Gasteiger charge is -2.07. The standard InChI is InChI=1S/C15H18N2O3/c1-3-14(19)16-8-6-12-7-10-17-9-4-5-13(15(12)17)20-11(2)18/h4-5,7,9-10H,3,6,8H2,1-2H3,(H,16,19). The van der Waals surface area contributed by atoms with Crippen molar-refractivity contribution in [1.29, 1.82) is 0 Å². The molecule has 0 spiro atoms. The highest BCUT2D eigenvalue weighted by Crippen LogP contribution is 2.24. The molecule has 20 heavy (non-hydrogen) atoms. The van der Waals surface area contributed by atoms with Crippen LogP contribution in [0.15, 0.2) is 30.6 Å². The van der Waals surface area contributed by atoms with E-state index in [1.807, 2.05) is 35.9 Å². The lowest BCUT2D eigenvalue weighted by molar-refractivity contribution is -0.131. The maximum absolute atomic E-state index is 11.2. The predicted octanol–water partition coefficient (Wildman–Crippen LogP) is 1.93. The number of fused-ring (bicyclic) bond motifs is 1. The number of carbonyl (C=O) groups is 2. The molecule has 0 saturated carbocycles. The van der Waals surface area contributed by atoms with Gasteiger partial charge in [-0.2, -0.15) is 0 Å². The summed E-state index contributed by atoms with van der Waals surface area (Å²) in [7, 11) is 0. The predicted molar refractivity (Wildman–Crippen MR) is 75.7 cm³/mol. The molecule has 1 N–H and O–H groups in total. The number of amides is 1. The zero-order valence-electron chi connectivity index (χ0n) is 11.7. The molecule has 2 heterocycles. The summed E-state index contributed by atoms with van der Waals surface area (Å²) in [6.07, 6.45) is 4.99. The average Bonchev–Trinajstić information content (AvgIpc) is 2.82. The van der Waals surface area contributed by atoms with Crippen LogP contribution in [0.5, 0.6) is 5.75 Å². The van der Waals surface area contributed by atoms with Gasteiger partial charge in [-0.1, -0.05) is 6.92 Å². The summed E-state index contributed by atoms with van der Waals surface area (Å²) in [6.45, 7) is 3.77. The van der Waals surface area contributed by atoms with Gasteiger partial charge in [-0.15, -0.1) is 0 Å². The minimum absolute atomic E-state index is 0.0359. The number of pyridine rings is 1. The molecule has 0 saturated heterocycles. The van der Waals surface area contributed by atoms with Gasteiger partial charge < -0.3 is 14.5 Å². The zero-order valence-corrected chi connectivity index (χ0v) is 11.7. The Hall–Kier alpha value is -2.30. The summed E-state index contributed by atoms with van der Waals surface area (Å²) < 4.78 is 7.14. The number of aromatic nitrogens is 1. The number of hydrogen-bond acceptors (Lipinski definition) is 3. The van der Waals surface area contributed by atoms with Crippen LogP contribution < -0.4 is 10.1 Å². The molecule has 2 aromatic rings. The van der Waals surface area contributed by atoms with Crippen LogP contribution in [0.3, 0.4) is 0 Å². The fraction of sp³-hybridized carbons (Fsp3) is 0.333. The molecule has 0 unspecified atom stereocenters. The third kappa shape index (κ3) is 3.17. The van der Waals surface area contributed by atoms with Crippen molar-refractivity contribution in [3.63, 3.8) is 0 Å². The monoisotopic (exact) mass is 274 g/mol. The molecule has 5 nitrogen and oxygen atoms in total. The van der Waals surface area contributed by atoms with Crippen LogP contribution in [0, 0.1) is 0 Å². The Balaban J connectivity index is 2.20. The third-order valence-electron chi connectivity index (χ3n) is 3.02. The Morgan fingerprint density at radius 2 is 2.10 bits per heavy atom. The van der Waals surface area contributed by atoms with Gasteiger partial charge in [0, 0.05) is 32.3 Å². The second kappa shape index (κ2) is 6.23. The summed E-state index contributed by atoms with van der Waals surface area (Å²) in [5.41, 5.74) is 1.91. The Kier molecular flexibility index (Phi) is 4.40. The SMILES string of the molecule is CCC(=O)NCCc1ccn2cccc(OC(C)=O)c12. The molecule has 0 aromatic carbocycles. The molecule has 1 amide bonds. The van der Waals surface area contributed by atoms with E-state index in [9.17, 15) is 9.59 Å². The molecule has 0 bridgehead atoms. The lowest BCUT2D eigenvalue weighted by atomic mass is 10.2. The number of ether oxygens (including phenoxy) is 1. The van der Waals surface area contributed by atoms with Crippen molar-refractivity contribution in [3.8, 4) is 5.75 Å². The van der Waals surface area contributed by atoms with E-state index in [2.05, 4.69) is 5.32 Å². The summed E-state index contributed by atoms with van der Waals surface area (Å²) >= 11 is 0. The van der Waals surface area contributed by atoms with Crippen molar-refractivity contribution in [3.05, 3.63) is 36.2 Å². The fourth-order valence-corrected chi connectivity index (χ4v) is 2.10. The maximum Gasteiger partial charge on any atom is 0.308 e. The van der Waals surface area contributed by atoms with Gasteiger partial charge in [0.1, 0.15) is 0 Å². The van der Waals surface area contributed by atoms with Gasteiger partial charge in [0.2, 0.25) is 5.91 Å². The lowest BCUT2D eigenvalue weighted by Crippen LogP contribution is -2.24. The van der Waals surface area contributed by atoms with E-state index in [0.717, 1.165) is 11.1 Å². The highest BCUT2D eigenvalue weighted by atomic mass is 16.5. The molecule has 0 fully saturated rings. The highest BCUT2D eigenvalue weighted by molar-refractivity contribution is 5.76. The largest absolute Gasteiger partial charge is 0.424 e. The van der Waals surface area contributed by atoms with E-state index >= 15 is 0 Å². The summed E-state index contributed by atoms with van der Waals surface area (Å²) in [5.74, 6) is 0.236. The number of carbonyl (C=O) groups excluding carboxylic acids is 2. The summed E-state index contributed by atoms with van der Waals surface area (Å²) in [5, 5.41) is 2.84. The molecule has 0 atom stereocenters. The minimum atomic E-state index is -0.343. The first-order chi connectivity index (χ1) is 9.61. The van der Waals surface area contributed by atoms with Crippen molar-refractivity contribution < 1.29 is 14.3 Å². The van der Waals surface area contributed by atoms with Crippen LogP contribution in [-0.2, 0) is 16.0 Å². The van der Waals surface area contributed by atoms with Crippen LogP contribution in [0.4, 0.5) is 0 Å². The van der Waals surface area contributed by atoms with Crippen LogP contribution in [0.2, 0.25) is 0 Å². The molecule has 2 aromatic heterocycles. The number of esters is 1. The van der Waals surface area contributed by atoms with Crippen LogP contribution in [0.1, 0.15) is 25.8 Å². The van der Waals surface area contributed by atoms with Gasteiger partial charge in [-0.05, 0) is 30.2 Å². The van der Waals surface area contributed by atoms with Crippen molar-refractivity contribution in [1.82, 2.24) is 9.72 Å². The van der Waals surface area contributed by atoms with Gasteiger partial charge in [0.15, 0.2) is 5.75 Å². The van der Waals surface area contributed by atoms with E-state index < -0.39 is 0 Å². The van der Waals surface area contributed by atoms with Gasteiger partial charge in [-0.3, -0.25) is 9.59 Å². The number of nitrogens with one attached hydrogen (secondary N) is 1. The van der Waals surface area contributed by atoms with Gasteiger partial charge in [-0.25, -0.2) is 0 Å². The van der Waals surface area contributed by atoms with Gasteiger partial charge in [0.05, 0.1) is 5.52 Å². The second-order valence-electron chi connectivity index (χ2n) is 4.52. The van der Waals surface area contributed by atoms with E-state index in [4.69, 9.17) is 4.74 Å². The molecule has 2 rings (SSSR count). The number of nitrogens with zero attached hydrogens (tertiary/aromatic N) is 1. The molecule has 106 valence electrons. The molecule has 0 aliphatic carbocycles. The topological polar surface area (TPSA) is 59.8 Å². The maximum atomic E-state index is 11.2. The zero-order chi connectivity index (χ0) is 14.5. The molecule has 0 radical (unpaired) electrons. The molecular formula is C15H18N2O3. The Labute approximate surface area is 117 Å². The minimum Gasteiger partial charge on any atom is -0.424 e.